The minimum atomic E-state index is -4.80. The average molecular weight is 679 g/mol. The summed E-state index contributed by atoms with van der Waals surface area (Å²) in [7, 11) is 0. The zero-order valence-electron chi connectivity index (χ0n) is 24.3. The van der Waals surface area contributed by atoms with Crippen molar-refractivity contribution < 1.29 is 45.4 Å². The summed E-state index contributed by atoms with van der Waals surface area (Å²) < 4.78 is 85.7. The number of benzene rings is 3. The number of carbonyl (C=O) groups is 2. The lowest BCUT2D eigenvalue weighted by Crippen LogP contribution is -2.31. The van der Waals surface area contributed by atoms with Crippen LogP contribution in [0.3, 0.4) is 0 Å². The number of halogens is 6. The van der Waals surface area contributed by atoms with Gasteiger partial charge in [0.05, 0.1) is 29.9 Å². The van der Waals surface area contributed by atoms with Gasteiger partial charge < -0.3 is 14.8 Å². The molecule has 47 heavy (non-hydrogen) atoms. The number of amidine groups is 1. The van der Waals surface area contributed by atoms with Gasteiger partial charge in [0.25, 0.3) is 0 Å². The number of nitrogens with one attached hydrogen (secondary N) is 1. The van der Waals surface area contributed by atoms with Crippen LogP contribution in [0.4, 0.5) is 42.5 Å². The number of thioether (sulfide) groups is 1. The second kappa shape index (κ2) is 13.7. The van der Waals surface area contributed by atoms with Crippen molar-refractivity contribution in [3.8, 4) is 28.4 Å². The van der Waals surface area contributed by atoms with E-state index in [4.69, 9.17) is 4.74 Å². The molecule has 4 aromatic rings. The molecule has 0 radical (unpaired) electrons. The standard InChI is InChI=1S/C30H24F6N6O4S/c1-18-3-12-25(45-14-2-13-29(31,32)33)24(15-18)42-26(43)17-47-28(42)38-27(44)37-20-6-4-19(5-7-20)23-16-41(40-39-23)21-8-10-22(11-9-21)46-30(34,35)36/h3-12,15-16H,2,13-14,17H2,1H3,(H,37,44)/b38-28-. The highest BCUT2D eigenvalue weighted by Gasteiger charge is 2.33. The fourth-order valence-corrected chi connectivity index (χ4v) is 5.20. The van der Waals surface area contributed by atoms with Gasteiger partial charge >= 0.3 is 18.6 Å². The number of hydrogen-bond acceptors (Lipinski definition) is 7. The Morgan fingerprint density at radius 3 is 2.43 bits per heavy atom. The average Bonchev–Trinajstić information content (AvgIpc) is 3.62. The van der Waals surface area contributed by atoms with Crippen LogP contribution in [0.5, 0.6) is 11.5 Å². The molecule has 1 N–H and O–H groups in total. The summed E-state index contributed by atoms with van der Waals surface area (Å²) >= 11 is 1.03. The molecular formula is C30H24F6N6O4S. The van der Waals surface area contributed by atoms with Crippen molar-refractivity contribution in [2.45, 2.75) is 32.3 Å². The van der Waals surface area contributed by atoms with E-state index in [9.17, 15) is 35.9 Å². The van der Waals surface area contributed by atoms with E-state index < -0.39 is 25.0 Å². The molecule has 0 saturated carbocycles. The number of aliphatic imine (C=N–C) groups is 1. The lowest BCUT2D eigenvalue weighted by atomic mass is 10.1. The number of aromatic nitrogens is 3. The lowest BCUT2D eigenvalue weighted by Gasteiger charge is -2.20. The van der Waals surface area contributed by atoms with Gasteiger partial charge in [-0.25, -0.2) is 9.48 Å². The van der Waals surface area contributed by atoms with Crippen molar-refractivity contribution in [2.75, 3.05) is 22.6 Å². The molecule has 1 aromatic heterocycles. The molecule has 0 unspecified atom stereocenters. The number of nitrogens with zero attached hydrogens (tertiary/aromatic N) is 5. The third kappa shape index (κ3) is 9.02. The van der Waals surface area contributed by atoms with Crippen molar-refractivity contribution in [1.29, 1.82) is 0 Å². The van der Waals surface area contributed by atoms with Crippen LogP contribution in [0.2, 0.25) is 0 Å². The predicted molar refractivity (Wildman–Crippen MR) is 162 cm³/mol. The van der Waals surface area contributed by atoms with E-state index in [1.54, 1.807) is 55.6 Å². The molecule has 1 fully saturated rings. The number of aryl methyl sites for hydroxylation is 1. The van der Waals surface area contributed by atoms with Gasteiger partial charge in [-0.2, -0.15) is 18.2 Å². The molecule has 0 aliphatic carbocycles. The number of rotatable bonds is 9. The Hall–Kier alpha value is -5.06. The maximum absolute atomic E-state index is 12.8. The summed E-state index contributed by atoms with van der Waals surface area (Å²) in [6, 6.07) is 15.7. The van der Waals surface area contributed by atoms with Crippen LogP contribution in [0.15, 0.2) is 77.9 Å². The smallest absolute Gasteiger partial charge is 0.491 e. The first kappa shape index (κ1) is 33.3. The SMILES string of the molecule is Cc1ccc(OCCCC(F)(F)F)c(N2C(=O)CS/C2=N\C(=O)Nc2ccc(-c3cn(-c4ccc(OC(F)(F)F)cc4)nn3)cc2)c1. The fourth-order valence-electron chi connectivity index (χ4n) is 4.35. The Bertz CT molecular complexity index is 1780. The molecule has 10 nitrogen and oxygen atoms in total. The van der Waals surface area contributed by atoms with Gasteiger partial charge in [0.15, 0.2) is 5.17 Å². The van der Waals surface area contributed by atoms with Crippen molar-refractivity contribution in [1.82, 2.24) is 15.0 Å². The molecule has 5 rings (SSSR count). The van der Waals surface area contributed by atoms with Crippen LogP contribution in [0.25, 0.3) is 16.9 Å². The van der Waals surface area contributed by atoms with Gasteiger partial charge in [-0.1, -0.05) is 35.2 Å². The number of anilines is 2. The van der Waals surface area contributed by atoms with E-state index in [0.717, 1.165) is 29.5 Å². The predicted octanol–water partition coefficient (Wildman–Crippen LogP) is 7.53. The van der Waals surface area contributed by atoms with E-state index in [2.05, 4.69) is 25.4 Å². The maximum Gasteiger partial charge on any atom is 0.573 e. The van der Waals surface area contributed by atoms with Gasteiger partial charge in [-0.05, 0) is 67.4 Å². The van der Waals surface area contributed by atoms with Gasteiger partial charge in [0.2, 0.25) is 5.91 Å². The Balaban J connectivity index is 1.24. The Morgan fingerprint density at radius 1 is 1.02 bits per heavy atom. The molecule has 0 spiro atoms. The van der Waals surface area contributed by atoms with E-state index in [1.807, 2.05) is 0 Å². The minimum Gasteiger partial charge on any atom is -0.491 e. The monoisotopic (exact) mass is 678 g/mol. The van der Waals surface area contributed by atoms with Crippen LogP contribution in [-0.4, -0.2) is 57.0 Å². The summed E-state index contributed by atoms with van der Waals surface area (Å²) in [6.45, 7) is 1.55. The van der Waals surface area contributed by atoms with Crippen LogP contribution >= 0.6 is 11.8 Å². The summed E-state index contributed by atoms with van der Waals surface area (Å²) in [6.07, 6.45) is -8.82. The van der Waals surface area contributed by atoms with E-state index in [1.165, 1.54) is 21.7 Å². The number of amides is 3. The molecule has 1 aliphatic rings. The Kier molecular flexibility index (Phi) is 9.74. The topological polar surface area (TPSA) is 111 Å². The van der Waals surface area contributed by atoms with Gasteiger partial charge in [0, 0.05) is 17.7 Å². The maximum atomic E-state index is 12.8. The Morgan fingerprint density at radius 2 is 1.74 bits per heavy atom. The minimum absolute atomic E-state index is 0.00553. The van der Waals surface area contributed by atoms with Crippen LogP contribution in [0, 0.1) is 6.92 Å². The zero-order chi connectivity index (χ0) is 33.8. The Labute approximate surface area is 267 Å². The van der Waals surface area contributed by atoms with Gasteiger partial charge in [-0.3, -0.25) is 9.69 Å². The first-order chi connectivity index (χ1) is 22.2. The third-order valence-corrected chi connectivity index (χ3v) is 7.36. The highest BCUT2D eigenvalue weighted by Crippen LogP contribution is 2.36. The van der Waals surface area contributed by atoms with Crippen molar-refractivity contribution >= 4 is 40.2 Å². The molecule has 0 bridgehead atoms. The van der Waals surface area contributed by atoms with Crippen molar-refractivity contribution in [3.63, 3.8) is 0 Å². The number of urea groups is 1. The van der Waals surface area contributed by atoms with E-state index in [0.29, 0.717) is 22.6 Å². The largest absolute Gasteiger partial charge is 0.573 e. The molecule has 3 aromatic carbocycles. The molecule has 246 valence electrons. The van der Waals surface area contributed by atoms with Gasteiger partial charge in [-0.15, -0.1) is 18.3 Å². The highest BCUT2D eigenvalue weighted by atomic mass is 32.2. The molecule has 17 heteroatoms. The normalized spacial score (nSPS) is 14.5. The number of carbonyl (C=O) groups excluding carboxylic acids is 2. The quantitative estimate of drug-likeness (QED) is 0.144. The fraction of sp³-hybridized carbons (Fsp3) is 0.233. The molecule has 2 heterocycles. The molecular weight excluding hydrogens is 654 g/mol. The van der Waals surface area contributed by atoms with Crippen molar-refractivity contribution in [3.05, 3.63) is 78.5 Å². The number of alkyl halides is 6. The highest BCUT2D eigenvalue weighted by molar-refractivity contribution is 8.15. The number of hydrogen-bond donors (Lipinski definition) is 1. The molecule has 0 atom stereocenters. The van der Waals surface area contributed by atoms with Gasteiger partial charge in [0.1, 0.15) is 17.2 Å². The van der Waals surface area contributed by atoms with Crippen molar-refractivity contribution in [2.24, 2.45) is 4.99 Å². The van der Waals surface area contributed by atoms with Crippen LogP contribution in [0.1, 0.15) is 18.4 Å². The van der Waals surface area contributed by atoms with E-state index in [-0.39, 0.29) is 47.0 Å². The van der Waals surface area contributed by atoms with E-state index >= 15 is 0 Å². The molecule has 3 amide bonds. The summed E-state index contributed by atoms with van der Waals surface area (Å²) in [5.74, 6) is -0.575. The molecule has 1 saturated heterocycles. The molecule has 1 aliphatic heterocycles. The second-order valence-electron chi connectivity index (χ2n) is 10.0. The second-order valence-corrected chi connectivity index (χ2v) is 11.0. The third-order valence-electron chi connectivity index (χ3n) is 6.44. The summed E-state index contributed by atoms with van der Waals surface area (Å²) in [4.78, 5) is 30.9. The van der Waals surface area contributed by atoms with Crippen LogP contribution in [-0.2, 0) is 4.79 Å². The zero-order valence-corrected chi connectivity index (χ0v) is 25.1. The lowest BCUT2D eigenvalue weighted by molar-refractivity contribution is -0.274. The summed E-state index contributed by atoms with van der Waals surface area (Å²) in [5, 5.41) is 10.8. The first-order valence-corrected chi connectivity index (χ1v) is 14.8. The number of ether oxygens (including phenoxy) is 2. The summed E-state index contributed by atoms with van der Waals surface area (Å²) in [5.41, 5.74) is 2.92. The first-order valence-electron chi connectivity index (χ1n) is 13.8. The van der Waals surface area contributed by atoms with Crippen LogP contribution < -0.4 is 19.7 Å².